The number of halogens is 1. The van der Waals surface area contributed by atoms with Crippen molar-refractivity contribution in [3.05, 3.63) is 35.9 Å². The van der Waals surface area contributed by atoms with Gasteiger partial charge in [0.05, 0.1) is 11.5 Å². The quantitative estimate of drug-likeness (QED) is 0.542. The highest BCUT2D eigenvalue weighted by Gasteiger charge is 2.19. The minimum atomic E-state index is -3.02. The number of methoxy groups -OCH3 is 1. The zero-order chi connectivity index (χ0) is 13.4. The molecule has 1 atom stereocenters. The molecule has 1 unspecified atom stereocenters. The van der Waals surface area contributed by atoms with E-state index in [1.807, 2.05) is 30.3 Å². The molecular weight excluding hydrogens is 316 g/mol. The topological polar surface area (TPSA) is 43.4 Å². The highest BCUT2D eigenvalue weighted by atomic mass is 79.9. The fraction of sp³-hybridized carbons (Fsp3) is 0.538. The Morgan fingerprint density at radius 3 is 2.50 bits per heavy atom. The van der Waals surface area contributed by atoms with Gasteiger partial charge in [0.25, 0.3) is 0 Å². The van der Waals surface area contributed by atoms with Gasteiger partial charge in [0.1, 0.15) is 0 Å². The molecule has 0 spiro atoms. The maximum absolute atomic E-state index is 12.0. The maximum Gasteiger partial charge on any atom is 0.151 e. The van der Waals surface area contributed by atoms with Crippen molar-refractivity contribution in [2.75, 3.05) is 30.6 Å². The summed E-state index contributed by atoms with van der Waals surface area (Å²) in [5.74, 6) is 0.391. The van der Waals surface area contributed by atoms with Crippen LogP contribution in [0.5, 0.6) is 0 Å². The lowest BCUT2D eigenvalue weighted by molar-refractivity contribution is 0.199. The summed E-state index contributed by atoms with van der Waals surface area (Å²) in [6, 6.07) is 9.74. The highest BCUT2D eigenvalue weighted by molar-refractivity contribution is 9.09. The van der Waals surface area contributed by atoms with Gasteiger partial charge in [0.2, 0.25) is 0 Å². The Hall–Kier alpha value is -0.390. The van der Waals surface area contributed by atoms with Crippen LogP contribution in [-0.2, 0) is 14.6 Å². The number of ether oxygens (including phenoxy) is 1. The van der Waals surface area contributed by atoms with Gasteiger partial charge in [-0.15, -0.1) is 0 Å². The third-order valence-electron chi connectivity index (χ3n) is 2.72. The van der Waals surface area contributed by atoms with Crippen molar-refractivity contribution in [3.63, 3.8) is 0 Å². The molecule has 5 heteroatoms. The summed E-state index contributed by atoms with van der Waals surface area (Å²) in [7, 11) is -1.44. The van der Waals surface area contributed by atoms with Gasteiger partial charge in [0.15, 0.2) is 9.84 Å². The predicted molar refractivity (Wildman–Crippen MR) is 78.1 cm³/mol. The van der Waals surface area contributed by atoms with E-state index in [0.717, 1.165) is 5.56 Å². The first-order chi connectivity index (χ1) is 8.59. The second-order valence-corrected chi connectivity index (χ2v) is 7.10. The van der Waals surface area contributed by atoms with E-state index in [9.17, 15) is 8.42 Å². The lowest BCUT2D eigenvalue weighted by atomic mass is 10.0. The molecule has 1 rings (SSSR count). The third-order valence-corrected chi connectivity index (χ3v) is 5.32. The Morgan fingerprint density at radius 2 is 1.94 bits per heavy atom. The Kier molecular flexibility index (Phi) is 6.89. The Labute approximate surface area is 118 Å². The molecule has 3 nitrogen and oxygen atoms in total. The molecule has 0 heterocycles. The molecule has 1 aromatic carbocycles. The van der Waals surface area contributed by atoms with Gasteiger partial charge in [-0.1, -0.05) is 46.3 Å². The minimum Gasteiger partial charge on any atom is -0.385 e. The minimum absolute atomic E-state index is 0.0127. The van der Waals surface area contributed by atoms with Crippen LogP contribution in [0.1, 0.15) is 17.9 Å². The molecule has 0 bridgehead atoms. The van der Waals surface area contributed by atoms with Crippen LogP contribution in [0.15, 0.2) is 30.3 Å². The third kappa shape index (κ3) is 5.50. The Morgan fingerprint density at radius 1 is 1.28 bits per heavy atom. The monoisotopic (exact) mass is 334 g/mol. The van der Waals surface area contributed by atoms with Gasteiger partial charge in [-0.3, -0.25) is 0 Å². The molecule has 0 aliphatic rings. The fourth-order valence-electron chi connectivity index (χ4n) is 1.77. The smallest absolute Gasteiger partial charge is 0.151 e. The summed E-state index contributed by atoms with van der Waals surface area (Å²) in [5, 5.41) is 0.653. The lowest BCUT2D eigenvalue weighted by Crippen LogP contribution is -2.19. The molecule has 0 saturated heterocycles. The van der Waals surface area contributed by atoms with Crippen LogP contribution in [0.4, 0.5) is 0 Å². The number of hydrogen-bond donors (Lipinski definition) is 0. The first-order valence-electron chi connectivity index (χ1n) is 5.89. The van der Waals surface area contributed by atoms with Gasteiger partial charge in [-0.2, -0.15) is 0 Å². The van der Waals surface area contributed by atoms with Crippen molar-refractivity contribution in [2.24, 2.45) is 0 Å². The normalized spacial score (nSPS) is 13.4. The number of rotatable bonds is 8. The largest absolute Gasteiger partial charge is 0.385 e. The van der Waals surface area contributed by atoms with Crippen molar-refractivity contribution < 1.29 is 13.2 Å². The van der Waals surface area contributed by atoms with Crippen LogP contribution in [0.3, 0.4) is 0 Å². The number of sulfone groups is 1. The first-order valence-corrected chi connectivity index (χ1v) is 8.83. The van der Waals surface area contributed by atoms with Crippen LogP contribution < -0.4 is 0 Å². The van der Waals surface area contributed by atoms with E-state index < -0.39 is 9.84 Å². The molecule has 0 saturated carbocycles. The SMILES string of the molecule is COCCCS(=O)(=O)CC(CBr)c1ccccc1. The second kappa shape index (κ2) is 7.92. The van der Waals surface area contributed by atoms with Gasteiger partial charge in [0, 0.05) is 25.0 Å². The number of alkyl halides is 1. The van der Waals surface area contributed by atoms with Crippen LogP contribution in [-0.4, -0.2) is 39.0 Å². The average molecular weight is 335 g/mol. The zero-order valence-electron chi connectivity index (χ0n) is 10.5. The molecular formula is C13H19BrO3S. The molecule has 18 heavy (non-hydrogen) atoms. The van der Waals surface area contributed by atoms with E-state index in [1.54, 1.807) is 7.11 Å². The van der Waals surface area contributed by atoms with Crippen LogP contribution in [0.25, 0.3) is 0 Å². The summed E-state index contributed by atoms with van der Waals surface area (Å²) in [5.41, 5.74) is 1.06. The summed E-state index contributed by atoms with van der Waals surface area (Å²) in [6.07, 6.45) is 0.558. The standard InChI is InChI=1S/C13H19BrO3S/c1-17-8-5-9-18(15,16)11-13(10-14)12-6-3-2-4-7-12/h2-4,6-7,13H,5,8-11H2,1H3. The molecule has 0 aliphatic heterocycles. The summed E-state index contributed by atoms with van der Waals surface area (Å²) < 4.78 is 28.8. The van der Waals surface area contributed by atoms with Gasteiger partial charge >= 0.3 is 0 Å². The van der Waals surface area contributed by atoms with Gasteiger partial charge < -0.3 is 4.74 Å². The fourth-order valence-corrected chi connectivity index (χ4v) is 4.32. The molecule has 102 valence electrons. The van der Waals surface area contributed by atoms with Gasteiger partial charge in [-0.25, -0.2) is 8.42 Å². The molecule has 0 radical (unpaired) electrons. The maximum atomic E-state index is 12.0. The molecule has 0 aliphatic carbocycles. The molecule has 0 amide bonds. The van der Waals surface area contributed by atoms with Crippen LogP contribution in [0.2, 0.25) is 0 Å². The zero-order valence-corrected chi connectivity index (χ0v) is 12.9. The number of benzene rings is 1. The van der Waals surface area contributed by atoms with E-state index in [1.165, 1.54) is 0 Å². The Balaban J connectivity index is 2.63. The number of hydrogen-bond acceptors (Lipinski definition) is 3. The van der Waals surface area contributed by atoms with Crippen LogP contribution in [0, 0.1) is 0 Å². The predicted octanol–water partition coefficient (Wildman–Crippen LogP) is 2.62. The van der Waals surface area contributed by atoms with E-state index in [-0.39, 0.29) is 17.4 Å². The van der Waals surface area contributed by atoms with Crippen molar-refractivity contribution in [1.29, 1.82) is 0 Å². The van der Waals surface area contributed by atoms with Crippen LogP contribution >= 0.6 is 15.9 Å². The molecule has 0 aromatic heterocycles. The Bertz CT molecular complexity index is 431. The molecule has 0 N–H and O–H groups in total. The average Bonchev–Trinajstić information content (AvgIpc) is 2.37. The highest BCUT2D eigenvalue weighted by Crippen LogP contribution is 2.20. The molecule has 0 fully saturated rings. The lowest BCUT2D eigenvalue weighted by Gasteiger charge is -2.14. The summed E-state index contributed by atoms with van der Waals surface area (Å²) in [6.45, 7) is 0.490. The molecule has 1 aromatic rings. The van der Waals surface area contributed by atoms with E-state index in [4.69, 9.17) is 4.74 Å². The summed E-state index contributed by atoms with van der Waals surface area (Å²) >= 11 is 3.40. The van der Waals surface area contributed by atoms with Gasteiger partial charge in [-0.05, 0) is 12.0 Å². The second-order valence-electron chi connectivity index (χ2n) is 4.22. The van der Waals surface area contributed by atoms with Crippen molar-refractivity contribution in [1.82, 2.24) is 0 Å². The summed E-state index contributed by atoms with van der Waals surface area (Å²) in [4.78, 5) is 0. The van der Waals surface area contributed by atoms with E-state index in [0.29, 0.717) is 18.4 Å². The first kappa shape index (κ1) is 15.7. The van der Waals surface area contributed by atoms with Crippen molar-refractivity contribution >= 4 is 25.8 Å². The van der Waals surface area contributed by atoms with Crippen molar-refractivity contribution in [3.8, 4) is 0 Å². The van der Waals surface area contributed by atoms with Crippen molar-refractivity contribution in [2.45, 2.75) is 12.3 Å². The van der Waals surface area contributed by atoms with E-state index in [2.05, 4.69) is 15.9 Å². The van der Waals surface area contributed by atoms with E-state index >= 15 is 0 Å².